The van der Waals surface area contributed by atoms with Gasteiger partial charge in [-0.3, -0.25) is 24.5 Å². The Kier molecular flexibility index (Phi) is 5.77. The van der Waals surface area contributed by atoms with E-state index >= 15 is 0 Å². The molecule has 7 nitrogen and oxygen atoms in total. The van der Waals surface area contributed by atoms with Crippen molar-refractivity contribution in [1.82, 2.24) is 4.68 Å². The smallest absolute Gasteiger partial charge is 0.270 e. The zero-order valence-corrected chi connectivity index (χ0v) is 17.8. The molecule has 1 fully saturated rings. The maximum atomic E-state index is 13.2. The van der Waals surface area contributed by atoms with Crippen LogP contribution in [0.5, 0.6) is 0 Å². The molecule has 0 aliphatic carbocycles. The van der Waals surface area contributed by atoms with E-state index in [0.29, 0.717) is 16.9 Å². The SMILES string of the molecule is Cc1ccc(C)n1NC(=O)c1cccc(NC(=O)[C@H]2CC(=O)N(c3ccc(F)cc3)C2)c1. The molecule has 1 saturated heterocycles. The highest BCUT2D eigenvalue weighted by Gasteiger charge is 2.35. The van der Waals surface area contributed by atoms with Crippen LogP contribution in [0.4, 0.5) is 15.8 Å². The molecule has 1 aliphatic rings. The molecule has 2 N–H and O–H groups in total. The third-order valence-electron chi connectivity index (χ3n) is 5.51. The summed E-state index contributed by atoms with van der Waals surface area (Å²) in [6, 6.07) is 16.0. The van der Waals surface area contributed by atoms with Gasteiger partial charge in [0.15, 0.2) is 0 Å². The lowest BCUT2D eigenvalue weighted by molar-refractivity contribution is -0.122. The van der Waals surface area contributed by atoms with Crippen molar-refractivity contribution >= 4 is 29.1 Å². The standard InChI is InChI=1S/C24H23FN4O3/c1-15-6-7-16(2)29(15)27-24(32)17-4-3-5-20(12-17)26-23(31)18-13-22(30)28(14-18)21-10-8-19(25)9-11-21/h3-12,18H,13-14H2,1-2H3,(H,26,31)(H,27,32)/t18-/m0/s1. The van der Waals surface area contributed by atoms with E-state index in [1.165, 1.54) is 29.2 Å². The molecule has 4 rings (SSSR count). The molecule has 1 aromatic heterocycles. The molecule has 164 valence electrons. The van der Waals surface area contributed by atoms with Crippen LogP contribution < -0.4 is 15.6 Å². The Hall–Kier alpha value is -3.94. The fourth-order valence-electron chi connectivity index (χ4n) is 3.75. The lowest BCUT2D eigenvalue weighted by Crippen LogP contribution is -2.28. The maximum Gasteiger partial charge on any atom is 0.270 e. The van der Waals surface area contributed by atoms with Gasteiger partial charge in [-0.15, -0.1) is 0 Å². The largest absolute Gasteiger partial charge is 0.326 e. The maximum absolute atomic E-state index is 13.2. The van der Waals surface area contributed by atoms with Gasteiger partial charge >= 0.3 is 0 Å². The van der Waals surface area contributed by atoms with Crippen molar-refractivity contribution < 1.29 is 18.8 Å². The van der Waals surface area contributed by atoms with E-state index in [4.69, 9.17) is 0 Å². The van der Waals surface area contributed by atoms with E-state index in [-0.39, 0.29) is 36.5 Å². The van der Waals surface area contributed by atoms with Crippen LogP contribution in [0, 0.1) is 25.6 Å². The Bertz CT molecular complexity index is 1170. The number of nitrogens with one attached hydrogen (secondary N) is 2. The van der Waals surface area contributed by atoms with Gasteiger partial charge < -0.3 is 10.2 Å². The normalized spacial score (nSPS) is 15.7. The molecule has 8 heteroatoms. The first-order valence-corrected chi connectivity index (χ1v) is 10.2. The molecule has 3 aromatic rings. The van der Waals surface area contributed by atoms with Crippen molar-refractivity contribution in [2.45, 2.75) is 20.3 Å². The first-order chi connectivity index (χ1) is 15.3. The van der Waals surface area contributed by atoms with Gasteiger partial charge in [-0.05, 0) is 68.4 Å². The summed E-state index contributed by atoms with van der Waals surface area (Å²) >= 11 is 0. The van der Waals surface area contributed by atoms with Crippen LogP contribution in [0.1, 0.15) is 28.2 Å². The Morgan fingerprint density at radius 1 is 1.00 bits per heavy atom. The van der Waals surface area contributed by atoms with Crippen molar-refractivity contribution in [3.8, 4) is 0 Å². The van der Waals surface area contributed by atoms with Crippen LogP contribution in [-0.4, -0.2) is 28.9 Å². The van der Waals surface area contributed by atoms with Crippen molar-refractivity contribution in [2.24, 2.45) is 5.92 Å². The minimum Gasteiger partial charge on any atom is -0.326 e. The number of amides is 3. The molecule has 32 heavy (non-hydrogen) atoms. The average Bonchev–Trinajstić information content (AvgIpc) is 3.31. The van der Waals surface area contributed by atoms with Crippen LogP contribution in [-0.2, 0) is 9.59 Å². The van der Waals surface area contributed by atoms with Crippen LogP contribution in [0.3, 0.4) is 0 Å². The highest BCUT2D eigenvalue weighted by atomic mass is 19.1. The summed E-state index contributed by atoms with van der Waals surface area (Å²) in [7, 11) is 0. The minimum atomic E-state index is -0.546. The second kappa shape index (κ2) is 8.66. The van der Waals surface area contributed by atoms with Gasteiger partial charge in [0, 0.05) is 41.3 Å². The highest BCUT2D eigenvalue weighted by Crippen LogP contribution is 2.26. The predicted molar refractivity (Wildman–Crippen MR) is 120 cm³/mol. The van der Waals surface area contributed by atoms with E-state index in [1.807, 2.05) is 26.0 Å². The number of aromatic nitrogens is 1. The molecule has 3 amide bonds. The summed E-state index contributed by atoms with van der Waals surface area (Å²) in [5, 5.41) is 2.80. The van der Waals surface area contributed by atoms with Gasteiger partial charge in [0.05, 0.1) is 5.92 Å². The monoisotopic (exact) mass is 434 g/mol. The van der Waals surface area contributed by atoms with E-state index < -0.39 is 5.92 Å². The number of benzene rings is 2. The molecule has 0 unspecified atom stereocenters. The number of anilines is 2. The summed E-state index contributed by atoms with van der Waals surface area (Å²) in [6.07, 6.45) is 0.0650. The van der Waals surface area contributed by atoms with Crippen LogP contribution in [0.15, 0.2) is 60.7 Å². The fraction of sp³-hybridized carbons (Fsp3) is 0.208. The number of hydrogen-bond acceptors (Lipinski definition) is 3. The fourth-order valence-corrected chi connectivity index (χ4v) is 3.75. The summed E-state index contributed by atoms with van der Waals surface area (Å²) in [5.74, 6) is -1.74. The molecule has 0 saturated carbocycles. The summed E-state index contributed by atoms with van der Waals surface area (Å²) in [6.45, 7) is 3.99. The predicted octanol–water partition coefficient (Wildman–Crippen LogP) is 3.62. The first-order valence-electron chi connectivity index (χ1n) is 10.2. The first kappa shape index (κ1) is 21.3. The average molecular weight is 434 g/mol. The zero-order valence-electron chi connectivity index (χ0n) is 17.8. The molecule has 0 spiro atoms. The Morgan fingerprint density at radius 3 is 2.38 bits per heavy atom. The lowest BCUT2D eigenvalue weighted by Gasteiger charge is -2.17. The molecular weight excluding hydrogens is 411 g/mol. The van der Waals surface area contributed by atoms with Gasteiger partial charge in [0.2, 0.25) is 11.8 Å². The number of rotatable bonds is 5. The number of carbonyl (C=O) groups excluding carboxylic acids is 3. The minimum absolute atomic E-state index is 0.0650. The van der Waals surface area contributed by atoms with Gasteiger partial charge in [-0.2, -0.15) is 0 Å². The van der Waals surface area contributed by atoms with Crippen molar-refractivity contribution in [1.29, 1.82) is 0 Å². The molecular formula is C24H23FN4O3. The number of nitrogens with zero attached hydrogens (tertiary/aromatic N) is 2. The highest BCUT2D eigenvalue weighted by molar-refractivity contribution is 6.04. The number of aryl methyl sites for hydroxylation is 2. The van der Waals surface area contributed by atoms with Crippen molar-refractivity contribution in [3.63, 3.8) is 0 Å². The van der Waals surface area contributed by atoms with Gasteiger partial charge in [-0.1, -0.05) is 6.07 Å². The second-order valence-electron chi connectivity index (χ2n) is 7.84. The summed E-state index contributed by atoms with van der Waals surface area (Å²) < 4.78 is 14.9. The molecule has 0 bridgehead atoms. The van der Waals surface area contributed by atoms with Gasteiger partial charge in [0.25, 0.3) is 5.91 Å². The number of hydrogen-bond donors (Lipinski definition) is 2. The number of halogens is 1. The topological polar surface area (TPSA) is 83.4 Å². The Labute approximate surface area is 184 Å². The van der Waals surface area contributed by atoms with Crippen molar-refractivity contribution in [2.75, 3.05) is 22.2 Å². The third kappa shape index (κ3) is 4.39. The summed E-state index contributed by atoms with van der Waals surface area (Å²) in [5.41, 5.74) is 6.05. The third-order valence-corrected chi connectivity index (χ3v) is 5.51. The summed E-state index contributed by atoms with van der Waals surface area (Å²) in [4.78, 5) is 39.3. The van der Waals surface area contributed by atoms with E-state index in [0.717, 1.165) is 11.4 Å². The molecule has 0 radical (unpaired) electrons. The number of carbonyl (C=O) groups is 3. The van der Waals surface area contributed by atoms with Crippen molar-refractivity contribution in [3.05, 3.63) is 83.4 Å². The molecule has 1 atom stereocenters. The molecule has 1 aliphatic heterocycles. The quantitative estimate of drug-likeness (QED) is 0.643. The van der Waals surface area contributed by atoms with E-state index in [9.17, 15) is 18.8 Å². The van der Waals surface area contributed by atoms with E-state index in [2.05, 4.69) is 10.7 Å². The van der Waals surface area contributed by atoms with Gasteiger partial charge in [0.1, 0.15) is 5.82 Å². The zero-order chi connectivity index (χ0) is 22.8. The molecule has 2 aromatic carbocycles. The second-order valence-corrected chi connectivity index (χ2v) is 7.84. The lowest BCUT2D eigenvalue weighted by atomic mass is 10.1. The molecule has 2 heterocycles. The van der Waals surface area contributed by atoms with Crippen LogP contribution in [0.25, 0.3) is 0 Å². The van der Waals surface area contributed by atoms with Crippen LogP contribution in [0.2, 0.25) is 0 Å². The van der Waals surface area contributed by atoms with Crippen LogP contribution >= 0.6 is 0 Å². The Balaban J connectivity index is 1.42. The Morgan fingerprint density at radius 2 is 1.69 bits per heavy atom. The van der Waals surface area contributed by atoms with E-state index in [1.54, 1.807) is 28.9 Å². The van der Waals surface area contributed by atoms with Gasteiger partial charge in [-0.25, -0.2) is 4.39 Å².